The molecule has 0 fully saturated rings. The third kappa shape index (κ3) is 5.89. The summed E-state index contributed by atoms with van der Waals surface area (Å²) in [4.78, 5) is 29.6. The first-order chi connectivity index (χ1) is 19.9. The molecule has 218 valence electrons. The van der Waals surface area contributed by atoms with Crippen molar-refractivity contribution in [2.24, 2.45) is 0 Å². The van der Waals surface area contributed by atoms with Gasteiger partial charge in [0.05, 0.1) is 47.5 Å². The van der Waals surface area contributed by atoms with Crippen LogP contribution in [0.3, 0.4) is 0 Å². The van der Waals surface area contributed by atoms with E-state index in [4.69, 9.17) is 23.7 Å². The summed E-state index contributed by atoms with van der Waals surface area (Å²) in [6.07, 6.45) is 1.31. The molecule has 2 atom stereocenters. The van der Waals surface area contributed by atoms with Crippen molar-refractivity contribution in [1.29, 1.82) is 0 Å². The van der Waals surface area contributed by atoms with Gasteiger partial charge in [0.15, 0.2) is 23.0 Å². The average molecular weight is 563 g/mol. The molecule has 4 rings (SSSR count). The zero-order chi connectivity index (χ0) is 29.5. The first kappa shape index (κ1) is 29.6. The Balaban J connectivity index is 1.73. The normalized spacial score (nSPS) is 16.0. The summed E-state index contributed by atoms with van der Waals surface area (Å²) >= 11 is 0. The van der Waals surface area contributed by atoms with Crippen LogP contribution < -0.4 is 29.0 Å². The topological polar surface area (TPSA) is 95.6 Å². The van der Waals surface area contributed by atoms with Crippen molar-refractivity contribution < 1.29 is 33.3 Å². The molecule has 0 spiro atoms. The number of carbonyl (C=O) groups excluding carboxylic acids is 2. The Morgan fingerprint density at radius 1 is 0.829 bits per heavy atom. The predicted octanol–water partition coefficient (Wildman–Crippen LogP) is 4.78. The van der Waals surface area contributed by atoms with Gasteiger partial charge in [-0.2, -0.15) is 0 Å². The van der Waals surface area contributed by atoms with Crippen molar-refractivity contribution in [3.05, 3.63) is 76.9 Å². The number of fused-ring (bicyclic) bond motifs is 1. The van der Waals surface area contributed by atoms with Crippen LogP contribution in [0.15, 0.2) is 54.6 Å². The lowest BCUT2D eigenvalue weighted by Gasteiger charge is -2.42. The molecule has 1 aliphatic rings. The molecule has 9 heteroatoms. The van der Waals surface area contributed by atoms with E-state index in [1.165, 1.54) is 0 Å². The number of nitrogens with zero attached hydrogens (tertiary/aromatic N) is 1. The second kappa shape index (κ2) is 13.3. The summed E-state index contributed by atoms with van der Waals surface area (Å²) in [6, 6.07) is 16.1. The maximum absolute atomic E-state index is 14.1. The van der Waals surface area contributed by atoms with E-state index in [0.717, 1.165) is 17.5 Å². The number of carbonyl (C=O) groups is 2. The Labute approximate surface area is 241 Å². The van der Waals surface area contributed by atoms with Crippen molar-refractivity contribution in [1.82, 2.24) is 10.2 Å². The molecule has 3 aromatic carbocycles. The number of ether oxygens (including phenoxy) is 5. The van der Waals surface area contributed by atoms with E-state index in [9.17, 15) is 9.59 Å². The predicted molar refractivity (Wildman–Crippen MR) is 156 cm³/mol. The molecule has 3 aromatic rings. The van der Waals surface area contributed by atoms with Gasteiger partial charge in [0.1, 0.15) is 0 Å². The van der Waals surface area contributed by atoms with Gasteiger partial charge >= 0.3 is 0 Å². The molecular weight excluding hydrogens is 524 g/mol. The fourth-order valence-electron chi connectivity index (χ4n) is 5.48. The van der Waals surface area contributed by atoms with Crippen molar-refractivity contribution in [3.63, 3.8) is 0 Å². The molecule has 0 bridgehead atoms. The van der Waals surface area contributed by atoms with Gasteiger partial charge in [-0.05, 0) is 59.9 Å². The molecule has 0 saturated carbocycles. The fraction of sp³-hybridized carbons (Fsp3) is 0.375. The minimum atomic E-state index is -0.663. The number of methoxy groups -OCH3 is 5. The van der Waals surface area contributed by atoms with E-state index >= 15 is 0 Å². The first-order valence-corrected chi connectivity index (χ1v) is 13.6. The summed E-state index contributed by atoms with van der Waals surface area (Å²) in [6.45, 7) is 2.89. The van der Waals surface area contributed by atoms with E-state index in [0.29, 0.717) is 59.4 Å². The monoisotopic (exact) mass is 562 g/mol. The maximum atomic E-state index is 14.1. The highest BCUT2D eigenvalue weighted by atomic mass is 16.5. The number of rotatable bonds is 12. The Bertz CT molecular complexity index is 1370. The van der Waals surface area contributed by atoms with E-state index in [-0.39, 0.29) is 11.8 Å². The Kier molecular flexibility index (Phi) is 9.60. The molecule has 1 N–H and O–H groups in total. The van der Waals surface area contributed by atoms with Crippen LogP contribution in [0.25, 0.3) is 0 Å². The van der Waals surface area contributed by atoms with Crippen LogP contribution in [0.1, 0.15) is 52.4 Å². The SMILES string of the molecule is CCCN1C(=O)c2ccccc2C(C(=O)NCCc2ccc(OC)c(OC)c2)C1c1cc(OC)c(OC)c(OC)c1. The highest BCUT2D eigenvalue weighted by Gasteiger charge is 2.44. The molecule has 9 nitrogen and oxygen atoms in total. The summed E-state index contributed by atoms with van der Waals surface area (Å²) < 4.78 is 27.5. The minimum Gasteiger partial charge on any atom is -0.493 e. The second-order valence-electron chi connectivity index (χ2n) is 9.70. The van der Waals surface area contributed by atoms with Crippen LogP contribution in [0.5, 0.6) is 28.7 Å². The van der Waals surface area contributed by atoms with Crippen LogP contribution in [-0.4, -0.2) is 65.4 Å². The van der Waals surface area contributed by atoms with Gasteiger partial charge in [-0.25, -0.2) is 0 Å². The number of nitrogens with one attached hydrogen (secondary N) is 1. The molecule has 41 heavy (non-hydrogen) atoms. The maximum Gasteiger partial charge on any atom is 0.254 e. The van der Waals surface area contributed by atoms with Crippen LogP contribution in [0.2, 0.25) is 0 Å². The van der Waals surface area contributed by atoms with Crippen LogP contribution >= 0.6 is 0 Å². The average Bonchev–Trinajstić information content (AvgIpc) is 3.01. The molecule has 2 amide bonds. The molecule has 1 aliphatic heterocycles. The van der Waals surface area contributed by atoms with Gasteiger partial charge in [0, 0.05) is 18.7 Å². The van der Waals surface area contributed by atoms with Gasteiger partial charge in [0.2, 0.25) is 11.7 Å². The van der Waals surface area contributed by atoms with Gasteiger partial charge in [-0.3, -0.25) is 9.59 Å². The lowest BCUT2D eigenvalue weighted by atomic mass is 9.79. The number of amides is 2. The minimum absolute atomic E-state index is 0.115. The van der Waals surface area contributed by atoms with Gasteiger partial charge in [-0.15, -0.1) is 0 Å². The standard InChI is InChI=1S/C32H38N2O7/c1-7-16-34-29(21-18-26(39-4)30(41-6)27(19-21)40-5)28(22-10-8-9-11-23(22)32(34)36)31(35)33-15-14-20-12-13-24(37-2)25(17-20)38-3/h8-13,17-19,28-29H,7,14-16H2,1-6H3,(H,33,35). The first-order valence-electron chi connectivity index (χ1n) is 13.6. The molecule has 0 aliphatic carbocycles. The Hall–Kier alpha value is -4.40. The summed E-state index contributed by atoms with van der Waals surface area (Å²) in [5.41, 5.74) is 2.93. The number of hydrogen-bond donors (Lipinski definition) is 1. The van der Waals surface area contributed by atoms with Gasteiger partial charge in [-0.1, -0.05) is 31.2 Å². The van der Waals surface area contributed by atoms with Crippen LogP contribution in [-0.2, 0) is 11.2 Å². The second-order valence-corrected chi connectivity index (χ2v) is 9.70. The number of benzene rings is 3. The third-order valence-corrected chi connectivity index (χ3v) is 7.38. The zero-order valence-corrected chi connectivity index (χ0v) is 24.5. The molecule has 2 unspecified atom stereocenters. The highest BCUT2D eigenvalue weighted by molar-refractivity contribution is 6.01. The van der Waals surface area contributed by atoms with E-state index < -0.39 is 12.0 Å². The van der Waals surface area contributed by atoms with Gasteiger partial charge < -0.3 is 33.9 Å². The summed E-state index contributed by atoms with van der Waals surface area (Å²) in [5.74, 6) is 1.68. The van der Waals surface area contributed by atoms with Crippen molar-refractivity contribution in [2.45, 2.75) is 31.7 Å². The Morgan fingerprint density at radius 3 is 2.10 bits per heavy atom. The summed E-state index contributed by atoms with van der Waals surface area (Å²) in [5, 5.41) is 3.13. The smallest absolute Gasteiger partial charge is 0.254 e. The zero-order valence-electron chi connectivity index (χ0n) is 24.5. The molecular formula is C32H38N2O7. The third-order valence-electron chi connectivity index (χ3n) is 7.38. The largest absolute Gasteiger partial charge is 0.493 e. The van der Waals surface area contributed by atoms with E-state index in [1.807, 2.05) is 55.5 Å². The quantitative estimate of drug-likeness (QED) is 0.340. The summed E-state index contributed by atoms with van der Waals surface area (Å²) in [7, 11) is 7.82. The molecule has 0 saturated heterocycles. The van der Waals surface area contributed by atoms with E-state index in [2.05, 4.69) is 5.32 Å². The van der Waals surface area contributed by atoms with Crippen molar-refractivity contribution >= 4 is 11.8 Å². The van der Waals surface area contributed by atoms with Crippen molar-refractivity contribution in [3.8, 4) is 28.7 Å². The van der Waals surface area contributed by atoms with Gasteiger partial charge in [0.25, 0.3) is 5.91 Å². The fourth-order valence-corrected chi connectivity index (χ4v) is 5.48. The molecule has 0 aromatic heterocycles. The molecule has 1 heterocycles. The lowest BCUT2D eigenvalue weighted by molar-refractivity contribution is -0.124. The molecule has 0 radical (unpaired) electrons. The van der Waals surface area contributed by atoms with Crippen molar-refractivity contribution in [2.75, 3.05) is 48.6 Å². The van der Waals surface area contributed by atoms with Crippen LogP contribution in [0, 0.1) is 0 Å². The van der Waals surface area contributed by atoms with E-state index in [1.54, 1.807) is 46.5 Å². The number of hydrogen-bond acceptors (Lipinski definition) is 7. The Morgan fingerprint density at radius 2 is 1.49 bits per heavy atom. The lowest BCUT2D eigenvalue weighted by Crippen LogP contribution is -2.47. The van der Waals surface area contributed by atoms with Crippen LogP contribution in [0.4, 0.5) is 0 Å². The highest BCUT2D eigenvalue weighted by Crippen LogP contribution is 2.47.